The molecule has 2 heteroatoms. The molecule has 0 aromatic heterocycles. The predicted octanol–water partition coefficient (Wildman–Crippen LogP) is 3.25. The molecule has 0 bridgehead atoms. The Morgan fingerprint density at radius 1 is 1.00 bits per heavy atom. The van der Waals surface area contributed by atoms with Gasteiger partial charge in [-0.1, -0.05) is 53.2 Å². The summed E-state index contributed by atoms with van der Waals surface area (Å²) in [6, 6.07) is 0. The van der Waals surface area contributed by atoms with Crippen LogP contribution < -0.4 is 0 Å². The van der Waals surface area contributed by atoms with Crippen molar-refractivity contribution in [2.45, 2.75) is 59.4 Å². The largest absolute Gasteiger partial charge is 0.500 e. The van der Waals surface area contributed by atoms with Crippen LogP contribution in [-0.2, 0) is 3.79 Å². The maximum atomic E-state index is 6.12. The highest BCUT2D eigenvalue weighted by atomic mass is 27.1. The summed E-state index contributed by atoms with van der Waals surface area (Å²) in [5.41, 5.74) is 0.706. The predicted molar refractivity (Wildman–Crippen MR) is 63.8 cm³/mol. The van der Waals surface area contributed by atoms with E-state index in [4.69, 9.17) is 3.79 Å². The Morgan fingerprint density at radius 3 is 1.93 bits per heavy atom. The lowest BCUT2D eigenvalue weighted by atomic mass is 9.69. The molecular formula is C12H25AlO. The summed E-state index contributed by atoms with van der Waals surface area (Å²) < 4.78 is 6.12. The van der Waals surface area contributed by atoms with Crippen LogP contribution in [0.15, 0.2) is 0 Å². The van der Waals surface area contributed by atoms with Crippen molar-refractivity contribution in [2.75, 3.05) is 0 Å². The molecule has 0 radical (unpaired) electrons. The fraction of sp³-hybridized carbons (Fsp3) is 1.00. The summed E-state index contributed by atoms with van der Waals surface area (Å²) in [4.78, 5) is 0. The maximum absolute atomic E-state index is 6.12. The first-order valence-corrected chi connectivity index (χ1v) is 7.42. The van der Waals surface area contributed by atoms with Gasteiger partial charge in [-0.2, -0.15) is 0 Å². The van der Waals surface area contributed by atoms with Crippen molar-refractivity contribution < 1.29 is 3.79 Å². The summed E-state index contributed by atoms with van der Waals surface area (Å²) in [6.07, 6.45) is 1.88. The molecule has 14 heavy (non-hydrogen) atoms. The molecule has 1 rings (SSSR count). The standard InChI is InChI=1S/C12H24O.Al.H/c1-8-9(11(2,3)4)10(13)12(5,6)7;;/h9-10H,1,8H2,2-7H3;;/q-1;+1;. The Kier molecular flexibility index (Phi) is 3.73. The Bertz CT molecular complexity index is 165. The van der Waals surface area contributed by atoms with Crippen LogP contribution in [0.2, 0.25) is 5.28 Å². The summed E-state index contributed by atoms with van der Waals surface area (Å²) in [6.45, 7) is 14.0. The van der Waals surface area contributed by atoms with Gasteiger partial charge in [-0.25, -0.2) is 0 Å². The van der Waals surface area contributed by atoms with E-state index in [-0.39, 0.29) is 15.6 Å². The van der Waals surface area contributed by atoms with Gasteiger partial charge >= 0.3 is 15.6 Å². The van der Waals surface area contributed by atoms with Crippen molar-refractivity contribution >= 4 is 15.6 Å². The van der Waals surface area contributed by atoms with Crippen LogP contribution in [0.1, 0.15) is 48.0 Å². The van der Waals surface area contributed by atoms with Crippen LogP contribution in [0.3, 0.4) is 0 Å². The first kappa shape index (κ1) is 12.6. The van der Waals surface area contributed by atoms with Crippen LogP contribution in [0, 0.1) is 16.7 Å². The second-order valence-corrected chi connectivity index (χ2v) is 8.22. The third kappa shape index (κ3) is 2.99. The summed E-state index contributed by atoms with van der Waals surface area (Å²) in [5.74, 6) is 0.740. The van der Waals surface area contributed by atoms with Gasteiger partial charge in [0.1, 0.15) is 0 Å². The summed E-state index contributed by atoms with van der Waals surface area (Å²) in [5, 5.41) is 1.37. The van der Waals surface area contributed by atoms with Crippen molar-refractivity contribution in [2.24, 2.45) is 16.7 Å². The van der Waals surface area contributed by atoms with Crippen LogP contribution in [0.5, 0.6) is 0 Å². The Labute approximate surface area is 95.7 Å². The van der Waals surface area contributed by atoms with Gasteiger partial charge in [0, 0.05) is 6.10 Å². The molecule has 0 aliphatic carbocycles. The molecule has 1 saturated heterocycles. The van der Waals surface area contributed by atoms with Crippen molar-refractivity contribution in [3.63, 3.8) is 0 Å². The second-order valence-electron chi connectivity index (χ2n) is 6.77. The third-order valence-corrected chi connectivity index (χ3v) is 4.58. The molecule has 0 saturated carbocycles. The van der Waals surface area contributed by atoms with E-state index >= 15 is 0 Å². The summed E-state index contributed by atoms with van der Waals surface area (Å²) >= 11 is -0.209. The van der Waals surface area contributed by atoms with Crippen molar-refractivity contribution in [3.05, 3.63) is 0 Å². The topological polar surface area (TPSA) is 9.23 Å². The highest BCUT2D eigenvalue weighted by Gasteiger charge is 2.40. The number of rotatable bonds is 0. The van der Waals surface area contributed by atoms with E-state index in [2.05, 4.69) is 41.5 Å². The zero-order chi connectivity index (χ0) is 11.0. The van der Waals surface area contributed by atoms with Crippen LogP contribution >= 0.6 is 0 Å². The molecule has 0 N–H and O–H groups in total. The molecule has 0 spiro atoms. The lowest BCUT2D eigenvalue weighted by molar-refractivity contribution is -0.0246. The van der Waals surface area contributed by atoms with E-state index in [9.17, 15) is 0 Å². The first-order valence-electron chi connectivity index (χ1n) is 5.84. The van der Waals surface area contributed by atoms with E-state index in [1.807, 2.05) is 0 Å². The molecule has 0 aromatic carbocycles. The second kappa shape index (κ2) is 4.16. The lowest BCUT2D eigenvalue weighted by Crippen LogP contribution is -2.45. The van der Waals surface area contributed by atoms with Crippen molar-refractivity contribution in [1.82, 2.24) is 0 Å². The maximum Gasteiger partial charge on any atom is 0.435 e. The van der Waals surface area contributed by atoms with Crippen LogP contribution in [-0.4, -0.2) is 21.7 Å². The SMILES string of the molecule is CC(C)(C)C1C[CH2][AlH][O]C1C(C)(C)C. The Morgan fingerprint density at radius 2 is 1.57 bits per heavy atom. The molecule has 2 atom stereocenters. The van der Waals surface area contributed by atoms with Gasteiger partial charge in [-0.15, -0.1) is 0 Å². The quantitative estimate of drug-likeness (QED) is 0.560. The highest BCUT2D eigenvalue weighted by Crippen LogP contribution is 2.42. The normalized spacial score (nSPS) is 29.9. The molecule has 1 aliphatic heterocycles. The fourth-order valence-electron chi connectivity index (χ4n) is 2.52. The van der Waals surface area contributed by atoms with E-state index in [0.717, 1.165) is 5.92 Å². The smallest absolute Gasteiger partial charge is 0.435 e. The van der Waals surface area contributed by atoms with Crippen LogP contribution in [0.25, 0.3) is 0 Å². The van der Waals surface area contributed by atoms with E-state index < -0.39 is 0 Å². The van der Waals surface area contributed by atoms with Gasteiger partial charge in [0.05, 0.1) is 0 Å². The molecule has 0 aromatic rings. The van der Waals surface area contributed by atoms with Gasteiger partial charge in [0.25, 0.3) is 0 Å². The average molecular weight is 212 g/mol. The van der Waals surface area contributed by atoms with Crippen LogP contribution in [0.4, 0.5) is 0 Å². The molecular weight excluding hydrogens is 187 g/mol. The highest BCUT2D eigenvalue weighted by molar-refractivity contribution is 6.27. The molecule has 1 nitrogen and oxygen atoms in total. The average Bonchev–Trinajstić information content (AvgIpc) is 2.01. The monoisotopic (exact) mass is 212 g/mol. The van der Waals surface area contributed by atoms with Gasteiger partial charge in [0.15, 0.2) is 0 Å². The van der Waals surface area contributed by atoms with E-state index in [1.54, 1.807) is 0 Å². The lowest BCUT2D eigenvalue weighted by Gasteiger charge is -2.47. The third-order valence-electron chi connectivity index (χ3n) is 3.29. The zero-order valence-electron chi connectivity index (χ0n) is 10.7. The number of hydrogen-bond donors (Lipinski definition) is 0. The van der Waals surface area contributed by atoms with E-state index in [1.165, 1.54) is 11.7 Å². The van der Waals surface area contributed by atoms with Crippen molar-refractivity contribution in [1.29, 1.82) is 0 Å². The minimum Gasteiger partial charge on any atom is -0.500 e. The summed E-state index contributed by atoms with van der Waals surface area (Å²) in [7, 11) is 0. The molecule has 82 valence electrons. The molecule has 1 aliphatic rings. The van der Waals surface area contributed by atoms with Gasteiger partial charge in [0.2, 0.25) is 0 Å². The van der Waals surface area contributed by atoms with Gasteiger partial charge < -0.3 is 3.79 Å². The minimum absolute atomic E-state index is 0.209. The zero-order valence-corrected chi connectivity index (χ0v) is 12.1. The molecule has 1 fully saturated rings. The molecule has 0 amide bonds. The van der Waals surface area contributed by atoms with Gasteiger partial charge in [-0.3, -0.25) is 0 Å². The Hall–Kier alpha value is 0.492. The fourth-order valence-corrected chi connectivity index (χ4v) is 4.28. The number of hydrogen-bond acceptors (Lipinski definition) is 1. The molecule has 2 unspecified atom stereocenters. The van der Waals surface area contributed by atoms with Crippen molar-refractivity contribution in [3.8, 4) is 0 Å². The molecule has 1 heterocycles. The Balaban J connectivity index is 2.80. The first-order chi connectivity index (χ1) is 6.23. The minimum atomic E-state index is -0.209. The van der Waals surface area contributed by atoms with Gasteiger partial charge in [-0.05, 0) is 16.7 Å². The van der Waals surface area contributed by atoms with E-state index in [0.29, 0.717) is 16.9 Å².